The van der Waals surface area contributed by atoms with Crippen molar-refractivity contribution in [1.82, 2.24) is 5.32 Å². The van der Waals surface area contributed by atoms with Crippen LogP contribution in [0.25, 0.3) is 0 Å². The Kier molecular flexibility index (Phi) is 9.43. The first-order chi connectivity index (χ1) is 13.9. The van der Waals surface area contributed by atoms with Gasteiger partial charge in [0.1, 0.15) is 16.8 Å². The summed E-state index contributed by atoms with van der Waals surface area (Å²) in [7, 11) is 0. The van der Waals surface area contributed by atoms with Crippen LogP contribution in [0, 0.1) is 11.3 Å². The zero-order valence-corrected chi connectivity index (χ0v) is 18.1. The summed E-state index contributed by atoms with van der Waals surface area (Å²) in [6.07, 6.45) is 2.04. The molecule has 0 atom stereocenters. The van der Waals surface area contributed by atoms with Gasteiger partial charge >= 0.3 is 0 Å². The van der Waals surface area contributed by atoms with Crippen molar-refractivity contribution in [3.63, 3.8) is 0 Å². The molecule has 152 valence electrons. The van der Waals surface area contributed by atoms with E-state index in [1.54, 1.807) is 36.4 Å². The highest BCUT2D eigenvalue weighted by molar-refractivity contribution is 6.55. The lowest BCUT2D eigenvalue weighted by molar-refractivity contribution is 0.0951. The zero-order chi connectivity index (χ0) is 21.2. The van der Waals surface area contributed by atoms with Crippen molar-refractivity contribution in [2.45, 2.75) is 6.42 Å². The van der Waals surface area contributed by atoms with Crippen LogP contribution in [-0.2, 0) is 0 Å². The molecule has 0 fully saturated rings. The molecule has 2 aromatic carbocycles. The zero-order valence-electron chi connectivity index (χ0n) is 15.1. The van der Waals surface area contributed by atoms with Gasteiger partial charge in [-0.2, -0.15) is 5.26 Å². The maximum absolute atomic E-state index is 12.0. The Labute approximate surface area is 188 Å². The number of rotatable bonds is 9. The lowest BCUT2D eigenvalue weighted by Gasteiger charge is -2.12. The van der Waals surface area contributed by atoms with Crippen LogP contribution in [-0.4, -0.2) is 25.7 Å². The average Bonchev–Trinajstić information content (AvgIpc) is 2.69. The van der Waals surface area contributed by atoms with Crippen LogP contribution in [0.5, 0.6) is 11.5 Å². The first-order valence-electron chi connectivity index (χ1n) is 8.45. The first-order valence-corrected chi connectivity index (χ1v) is 9.96. The molecule has 0 heterocycles. The van der Waals surface area contributed by atoms with E-state index in [1.165, 1.54) is 6.08 Å². The molecule has 1 amide bonds. The molecule has 0 radical (unpaired) electrons. The highest BCUT2D eigenvalue weighted by Crippen LogP contribution is 2.37. The number of amides is 1. The van der Waals surface area contributed by atoms with E-state index in [1.807, 2.05) is 6.07 Å². The fourth-order valence-electron chi connectivity index (χ4n) is 2.21. The number of nitrogens with one attached hydrogen (secondary N) is 1. The molecule has 9 heteroatoms. The number of hydrogen-bond donors (Lipinski definition) is 1. The van der Waals surface area contributed by atoms with Gasteiger partial charge in [-0.1, -0.05) is 46.4 Å². The summed E-state index contributed by atoms with van der Waals surface area (Å²) in [4.78, 5) is 12.0. The van der Waals surface area contributed by atoms with E-state index < -0.39 is 0 Å². The molecular weight excluding hydrogens is 458 g/mol. The summed E-state index contributed by atoms with van der Waals surface area (Å²) in [5.74, 6) is 0.566. The Balaban J connectivity index is 1.78. The Bertz CT molecular complexity index is 897. The summed E-state index contributed by atoms with van der Waals surface area (Å²) in [5, 5.41) is 12.2. The van der Waals surface area contributed by atoms with Gasteiger partial charge in [0.05, 0.1) is 28.3 Å². The number of nitriles is 1. The number of hydrogen-bond acceptors (Lipinski definition) is 4. The molecule has 2 rings (SSSR count). The minimum absolute atomic E-state index is 0.105. The maximum atomic E-state index is 12.0. The number of carbonyl (C=O) groups excluding carboxylic acids is 1. The van der Waals surface area contributed by atoms with E-state index in [2.05, 4.69) is 5.32 Å². The number of benzene rings is 2. The van der Waals surface area contributed by atoms with Gasteiger partial charge < -0.3 is 14.8 Å². The molecule has 0 saturated carbocycles. The molecule has 0 aliphatic rings. The van der Waals surface area contributed by atoms with Gasteiger partial charge in [-0.3, -0.25) is 4.79 Å². The van der Waals surface area contributed by atoms with Crippen molar-refractivity contribution in [3.05, 3.63) is 68.1 Å². The van der Waals surface area contributed by atoms with Crippen LogP contribution in [0.1, 0.15) is 22.3 Å². The molecule has 0 aliphatic carbocycles. The number of ether oxygens (including phenoxy) is 2. The molecule has 5 nitrogen and oxygen atoms in total. The van der Waals surface area contributed by atoms with E-state index in [-0.39, 0.29) is 17.0 Å². The SMILES string of the molecule is N#Cc1ccc(C(=O)NCCCOc2c(Cl)cc(OCC=C(Cl)Cl)cc2Cl)cc1. The lowest BCUT2D eigenvalue weighted by Crippen LogP contribution is -2.25. The molecule has 0 aliphatic heterocycles. The standard InChI is InChI=1S/C20H16Cl4N2O3/c21-16-10-15(28-9-6-18(23)24)11-17(22)19(16)29-8-1-7-26-20(27)14-4-2-13(12-25)3-5-14/h2-6,10-11H,1,7-9H2,(H,26,27). The molecule has 0 aromatic heterocycles. The number of halogens is 4. The molecule has 0 bridgehead atoms. The first kappa shape index (κ1) is 23.2. The lowest BCUT2D eigenvalue weighted by atomic mass is 10.1. The summed E-state index contributed by atoms with van der Waals surface area (Å²) in [6, 6.07) is 11.5. The van der Waals surface area contributed by atoms with Gasteiger partial charge in [0, 0.05) is 24.2 Å². The maximum Gasteiger partial charge on any atom is 0.251 e. The smallest absolute Gasteiger partial charge is 0.251 e. The van der Waals surface area contributed by atoms with Crippen LogP contribution >= 0.6 is 46.4 Å². The third-order valence-corrected chi connectivity index (χ3v) is 4.46. The quantitative estimate of drug-likeness (QED) is 0.470. The average molecular weight is 474 g/mol. The predicted octanol–water partition coefficient (Wildman–Crippen LogP) is 5.76. The Morgan fingerprint density at radius 2 is 1.76 bits per heavy atom. The topological polar surface area (TPSA) is 71.4 Å². The van der Waals surface area contributed by atoms with E-state index in [9.17, 15) is 4.79 Å². The Morgan fingerprint density at radius 3 is 2.34 bits per heavy atom. The second-order valence-electron chi connectivity index (χ2n) is 5.67. The van der Waals surface area contributed by atoms with Gasteiger partial charge in [0.25, 0.3) is 5.91 Å². The van der Waals surface area contributed by atoms with Gasteiger partial charge in [0.15, 0.2) is 5.75 Å². The van der Waals surface area contributed by atoms with Crippen molar-refractivity contribution in [2.24, 2.45) is 0 Å². The molecule has 0 saturated heterocycles. The predicted molar refractivity (Wildman–Crippen MR) is 115 cm³/mol. The summed E-state index contributed by atoms with van der Waals surface area (Å²) >= 11 is 23.4. The third kappa shape index (κ3) is 7.68. The van der Waals surface area contributed by atoms with E-state index in [0.717, 1.165) is 0 Å². The van der Waals surface area contributed by atoms with Gasteiger partial charge in [-0.25, -0.2) is 0 Å². The van der Waals surface area contributed by atoms with Crippen molar-refractivity contribution < 1.29 is 14.3 Å². The van der Waals surface area contributed by atoms with Gasteiger partial charge in [-0.05, 0) is 36.8 Å². The van der Waals surface area contributed by atoms with Crippen molar-refractivity contribution in [1.29, 1.82) is 5.26 Å². The van der Waals surface area contributed by atoms with E-state index in [4.69, 9.17) is 61.1 Å². The molecule has 2 aromatic rings. The second-order valence-corrected chi connectivity index (χ2v) is 7.49. The van der Waals surface area contributed by atoms with Crippen molar-refractivity contribution >= 4 is 52.3 Å². The van der Waals surface area contributed by atoms with E-state index >= 15 is 0 Å². The largest absolute Gasteiger partial charge is 0.490 e. The summed E-state index contributed by atoms with van der Waals surface area (Å²) in [5.41, 5.74) is 0.983. The number of carbonyl (C=O) groups is 1. The Morgan fingerprint density at radius 1 is 1.10 bits per heavy atom. The van der Waals surface area contributed by atoms with E-state index in [0.29, 0.717) is 52.2 Å². The minimum atomic E-state index is -0.224. The molecule has 1 N–H and O–H groups in total. The van der Waals surface area contributed by atoms with Crippen LogP contribution in [0.2, 0.25) is 10.0 Å². The molecular formula is C20H16Cl4N2O3. The van der Waals surface area contributed by atoms with Crippen molar-refractivity contribution in [2.75, 3.05) is 19.8 Å². The summed E-state index contributed by atoms with van der Waals surface area (Å²) < 4.78 is 11.2. The monoisotopic (exact) mass is 472 g/mol. The van der Waals surface area contributed by atoms with Crippen molar-refractivity contribution in [3.8, 4) is 17.6 Å². The fourth-order valence-corrected chi connectivity index (χ4v) is 2.91. The molecule has 0 unspecified atom stereocenters. The third-order valence-electron chi connectivity index (χ3n) is 3.59. The molecule has 0 spiro atoms. The van der Waals surface area contributed by atoms with Crippen LogP contribution in [0.15, 0.2) is 47.0 Å². The highest BCUT2D eigenvalue weighted by Gasteiger charge is 2.11. The minimum Gasteiger partial charge on any atom is -0.490 e. The van der Waals surface area contributed by atoms with Crippen LogP contribution in [0.3, 0.4) is 0 Å². The van der Waals surface area contributed by atoms with Crippen LogP contribution < -0.4 is 14.8 Å². The second kappa shape index (κ2) is 11.8. The highest BCUT2D eigenvalue weighted by atomic mass is 35.5. The van der Waals surface area contributed by atoms with Gasteiger partial charge in [0.2, 0.25) is 0 Å². The summed E-state index contributed by atoms with van der Waals surface area (Å²) in [6.45, 7) is 0.882. The fraction of sp³-hybridized carbons (Fsp3) is 0.200. The van der Waals surface area contributed by atoms with Gasteiger partial charge in [-0.15, -0.1) is 0 Å². The normalized spacial score (nSPS) is 10.0. The molecule has 29 heavy (non-hydrogen) atoms. The number of nitrogens with zero attached hydrogens (tertiary/aromatic N) is 1. The Hall–Kier alpha value is -2.10. The van der Waals surface area contributed by atoms with Crippen LogP contribution in [0.4, 0.5) is 0 Å².